The van der Waals surface area contributed by atoms with Gasteiger partial charge in [-0.25, -0.2) is 9.98 Å². The van der Waals surface area contributed by atoms with Crippen LogP contribution in [-0.2, 0) is 13.0 Å². The maximum Gasteiger partial charge on any atom is 0.150 e. The number of likely N-dealkylation sites (tertiary alicyclic amines) is 2. The van der Waals surface area contributed by atoms with Gasteiger partial charge in [-0.3, -0.25) is 14.8 Å². The van der Waals surface area contributed by atoms with Gasteiger partial charge in [-0.1, -0.05) is 55.5 Å². The van der Waals surface area contributed by atoms with Crippen LogP contribution in [0, 0.1) is 12.8 Å². The quantitative estimate of drug-likeness (QED) is 0.165. The van der Waals surface area contributed by atoms with E-state index in [1.807, 2.05) is 6.20 Å². The minimum absolute atomic E-state index is 0.423. The molecule has 0 radical (unpaired) electrons. The van der Waals surface area contributed by atoms with E-state index < -0.39 is 0 Å². The van der Waals surface area contributed by atoms with Gasteiger partial charge < -0.3 is 11.1 Å². The van der Waals surface area contributed by atoms with Crippen molar-refractivity contribution in [2.24, 2.45) is 16.6 Å². The topological polar surface area (TPSA) is 82.7 Å². The SMILES string of the molecule is C=C(Nc1cccc(C2=CCC=CC(N=C(N)c3ncc(CN4CCCC4)cc3C=C(C)C)=C2C)c1C)c1ccc2c(n1)C(N1CCC(C)C1)C2. The molecule has 2 atom stereocenters. The number of nitrogens with two attached hydrogens (primary N) is 1. The van der Waals surface area contributed by atoms with E-state index in [2.05, 4.69) is 117 Å². The van der Waals surface area contributed by atoms with E-state index in [0.29, 0.717) is 11.9 Å². The number of hydrogen-bond acceptors (Lipinski definition) is 6. The zero-order chi connectivity index (χ0) is 35.6. The van der Waals surface area contributed by atoms with Crippen molar-refractivity contribution in [2.45, 2.75) is 79.3 Å². The Balaban J connectivity index is 1.13. The van der Waals surface area contributed by atoms with E-state index in [9.17, 15) is 0 Å². The lowest BCUT2D eigenvalue weighted by atomic mass is 9.86. The van der Waals surface area contributed by atoms with Gasteiger partial charge in [0.1, 0.15) is 5.69 Å². The van der Waals surface area contributed by atoms with Gasteiger partial charge in [0.15, 0.2) is 5.84 Å². The fourth-order valence-corrected chi connectivity index (χ4v) is 8.00. The molecule has 1 aromatic carbocycles. The highest BCUT2D eigenvalue weighted by atomic mass is 15.2. The Hall–Kier alpha value is -4.59. The molecule has 2 aliphatic carbocycles. The van der Waals surface area contributed by atoms with Crippen LogP contribution in [0.1, 0.15) is 104 Å². The molecule has 7 rings (SSSR count). The zero-order valence-corrected chi connectivity index (χ0v) is 31.1. The van der Waals surface area contributed by atoms with Crippen molar-refractivity contribution in [3.8, 4) is 0 Å². The number of rotatable bonds is 10. The maximum absolute atomic E-state index is 6.78. The van der Waals surface area contributed by atoms with Crippen LogP contribution < -0.4 is 11.1 Å². The van der Waals surface area contributed by atoms with Crippen molar-refractivity contribution < 1.29 is 0 Å². The molecular weight excluding hydrogens is 627 g/mol. The van der Waals surface area contributed by atoms with Crippen LogP contribution in [0.5, 0.6) is 0 Å². The summed E-state index contributed by atoms with van der Waals surface area (Å²) < 4.78 is 0. The Morgan fingerprint density at radius 2 is 1.94 bits per heavy atom. The molecule has 0 spiro atoms. The molecular formula is C44H53N7. The van der Waals surface area contributed by atoms with Gasteiger partial charge >= 0.3 is 0 Å². The summed E-state index contributed by atoms with van der Waals surface area (Å²) in [6.45, 7) is 20.8. The molecule has 4 aliphatic rings. The monoisotopic (exact) mass is 679 g/mol. The number of hydrogen-bond donors (Lipinski definition) is 2. The van der Waals surface area contributed by atoms with E-state index in [-0.39, 0.29) is 0 Å². The van der Waals surface area contributed by atoms with Crippen molar-refractivity contribution in [1.29, 1.82) is 0 Å². The van der Waals surface area contributed by atoms with Gasteiger partial charge in [-0.15, -0.1) is 0 Å². The lowest BCUT2D eigenvalue weighted by molar-refractivity contribution is 0.208. The van der Waals surface area contributed by atoms with Crippen LogP contribution >= 0.6 is 0 Å². The molecule has 4 heterocycles. The number of allylic oxidation sites excluding steroid dienone is 6. The molecule has 3 aromatic rings. The number of anilines is 1. The maximum atomic E-state index is 6.78. The minimum Gasteiger partial charge on any atom is -0.382 e. The first-order valence-corrected chi connectivity index (χ1v) is 18.7. The molecule has 2 aliphatic heterocycles. The summed E-state index contributed by atoms with van der Waals surface area (Å²) in [4.78, 5) is 20.1. The van der Waals surface area contributed by atoms with Crippen molar-refractivity contribution in [2.75, 3.05) is 31.5 Å². The molecule has 7 nitrogen and oxygen atoms in total. The van der Waals surface area contributed by atoms with Crippen LogP contribution in [0.15, 0.2) is 89.2 Å². The van der Waals surface area contributed by atoms with E-state index >= 15 is 0 Å². The van der Waals surface area contributed by atoms with Crippen LogP contribution in [0.3, 0.4) is 0 Å². The number of fused-ring (bicyclic) bond motifs is 1. The number of aromatic nitrogens is 2. The zero-order valence-electron chi connectivity index (χ0n) is 31.1. The Bertz CT molecular complexity index is 1980. The number of amidine groups is 1. The second-order valence-electron chi connectivity index (χ2n) is 15.2. The second kappa shape index (κ2) is 14.9. The molecule has 7 heteroatoms. The third kappa shape index (κ3) is 7.56. The standard InChI is InChI=1S/C44H53N7/c1-28(2)22-35-23-33(27-50-19-9-10-20-50)25-46-43(35)44(45)49-39-14-8-7-12-36(31(39)5)37-13-11-15-38(30(37)4)47-32(6)40-17-16-34-24-41(42(34)48-40)51-21-18-29(3)26-51/h8,11-17,22-23,25,29,41,47H,6-7,9-10,18-21,24,26-27H2,1-5H3,(H2,45,49). The fourth-order valence-electron chi connectivity index (χ4n) is 8.00. The predicted octanol–water partition coefficient (Wildman–Crippen LogP) is 8.85. The first kappa shape index (κ1) is 34.8. The first-order valence-electron chi connectivity index (χ1n) is 18.7. The highest BCUT2D eigenvalue weighted by Crippen LogP contribution is 2.40. The molecule has 2 saturated heterocycles. The van der Waals surface area contributed by atoms with E-state index in [1.165, 1.54) is 54.7 Å². The summed E-state index contributed by atoms with van der Waals surface area (Å²) >= 11 is 0. The smallest absolute Gasteiger partial charge is 0.150 e. The average Bonchev–Trinajstić information content (AvgIpc) is 3.73. The molecule has 2 unspecified atom stereocenters. The summed E-state index contributed by atoms with van der Waals surface area (Å²) in [7, 11) is 0. The van der Waals surface area contributed by atoms with E-state index in [4.69, 9.17) is 20.7 Å². The number of nitrogens with zero attached hydrogens (tertiary/aromatic N) is 5. The van der Waals surface area contributed by atoms with Gasteiger partial charge in [-0.05, 0) is 143 Å². The van der Waals surface area contributed by atoms with Crippen LogP contribution in [-0.4, -0.2) is 51.8 Å². The molecule has 0 bridgehead atoms. The third-order valence-corrected chi connectivity index (χ3v) is 10.9. The normalized spacial score (nSPS) is 20.9. The predicted molar refractivity (Wildman–Crippen MR) is 213 cm³/mol. The molecule has 3 N–H and O–H groups in total. The van der Waals surface area contributed by atoms with Gasteiger partial charge in [-0.2, -0.15) is 0 Å². The highest BCUT2D eigenvalue weighted by molar-refractivity contribution is 6.00. The van der Waals surface area contributed by atoms with Gasteiger partial charge in [0.05, 0.1) is 28.8 Å². The molecule has 2 fully saturated rings. The Morgan fingerprint density at radius 3 is 2.71 bits per heavy atom. The number of nitrogens with one attached hydrogen (secondary N) is 1. The average molecular weight is 680 g/mol. The molecule has 51 heavy (non-hydrogen) atoms. The minimum atomic E-state index is 0.423. The van der Waals surface area contributed by atoms with Gasteiger partial charge in [0.2, 0.25) is 0 Å². The highest BCUT2D eigenvalue weighted by Gasteiger charge is 2.36. The van der Waals surface area contributed by atoms with Crippen LogP contribution in [0.2, 0.25) is 0 Å². The largest absolute Gasteiger partial charge is 0.382 e. The number of aliphatic imine (C=N–C) groups is 1. The number of pyridine rings is 2. The van der Waals surface area contributed by atoms with Crippen molar-refractivity contribution in [3.05, 3.63) is 129 Å². The van der Waals surface area contributed by atoms with E-state index in [1.54, 1.807) is 0 Å². The Morgan fingerprint density at radius 1 is 1.12 bits per heavy atom. The summed E-state index contributed by atoms with van der Waals surface area (Å²) in [6.07, 6.45) is 16.4. The lowest BCUT2D eigenvalue weighted by Crippen LogP contribution is -2.35. The molecule has 0 saturated carbocycles. The third-order valence-electron chi connectivity index (χ3n) is 10.9. The molecule has 264 valence electrons. The molecule has 0 amide bonds. The van der Waals surface area contributed by atoms with Crippen LogP contribution in [0.4, 0.5) is 5.69 Å². The summed E-state index contributed by atoms with van der Waals surface area (Å²) in [5.41, 5.74) is 21.6. The first-order chi connectivity index (χ1) is 24.6. The van der Waals surface area contributed by atoms with Gasteiger partial charge in [0.25, 0.3) is 0 Å². The fraction of sp³-hybridized carbons (Fsp3) is 0.386. The van der Waals surface area contributed by atoms with Crippen molar-refractivity contribution in [1.82, 2.24) is 19.8 Å². The molecule has 2 aromatic heterocycles. The second-order valence-corrected chi connectivity index (χ2v) is 15.2. The Kier molecular flexibility index (Phi) is 10.2. The number of benzene rings is 1. The van der Waals surface area contributed by atoms with Crippen molar-refractivity contribution >= 4 is 28.9 Å². The summed E-state index contributed by atoms with van der Waals surface area (Å²) in [5, 5.41) is 3.62. The van der Waals surface area contributed by atoms with E-state index in [0.717, 1.165) is 94.7 Å². The van der Waals surface area contributed by atoms with Gasteiger partial charge in [0, 0.05) is 30.5 Å². The van der Waals surface area contributed by atoms with Crippen molar-refractivity contribution in [3.63, 3.8) is 0 Å². The lowest BCUT2D eigenvalue weighted by Gasteiger charge is -2.36. The van der Waals surface area contributed by atoms with Crippen LogP contribution in [0.25, 0.3) is 17.3 Å². The summed E-state index contributed by atoms with van der Waals surface area (Å²) in [6, 6.07) is 13.4. The Labute approximate surface area is 304 Å². The summed E-state index contributed by atoms with van der Waals surface area (Å²) in [5.74, 6) is 1.19.